The van der Waals surface area contributed by atoms with Crippen molar-refractivity contribution in [3.8, 4) is 0 Å². The standard InChI is InChI=1S/C20H15F2NOS/c21-15-6-10-17(11-7-15)23-20(24)19(14-4-2-1-3-5-14)25-18-12-8-16(22)9-13-18/h1-13,19H,(H,23,24)/t19-/m1/s1. The van der Waals surface area contributed by atoms with Crippen LogP contribution in [0.4, 0.5) is 14.5 Å². The summed E-state index contributed by atoms with van der Waals surface area (Å²) in [5.41, 5.74) is 1.35. The minimum absolute atomic E-state index is 0.230. The quantitative estimate of drug-likeness (QED) is 0.618. The van der Waals surface area contributed by atoms with Crippen LogP contribution in [0.3, 0.4) is 0 Å². The molecule has 3 aromatic carbocycles. The number of nitrogens with one attached hydrogen (secondary N) is 1. The average Bonchev–Trinajstić information content (AvgIpc) is 2.64. The van der Waals surface area contributed by atoms with E-state index in [1.165, 1.54) is 48.2 Å². The van der Waals surface area contributed by atoms with Crippen LogP contribution in [0.25, 0.3) is 0 Å². The van der Waals surface area contributed by atoms with E-state index in [9.17, 15) is 13.6 Å². The molecular formula is C20H15F2NOS. The highest BCUT2D eigenvalue weighted by Gasteiger charge is 2.22. The van der Waals surface area contributed by atoms with E-state index in [4.69, 9.17) is 0 Å². The van der Waals surface area contributed by atoms with Gasteiger partial charge in [0.15, 0.2) is 0 Å². The van der Waals surface area contributed by atoms with E-state index in [0.717, 1.165) is 10.5 Å². The van der Waals surface area contributed by atoms with Crippen molar-refractivity contribution < 1.29 is 13.6 Å². The summed E-state index contributed by atoms with van der Waals surface area (Å²) in [5, 5.41) is 2.28. The number of rotatable bonds is 5. The number of anilines is 1. The summed E-state index contributed by atoms with van der Waals surface area (Å²) in [6.07, 6.45) is 0. The monoisotopic (exact) mass is 355 g/mol. The Kier molecular flexibility index (Phi) is 5.46. The van der Waals surface area contributed by atoms with Gasteiger partial charge in [0.2, 0.25) is 5.91 Å². The lowest BCUT2D eigenvalue weighted by atomic mass is 10.1. The summed E-state index contributed by atoms with van der Waals surface area (Å²) in [6, 6.07) is 20.9. The van der Waals surface area contributed by atoms with E-state index in [1.54, 1.807) is 12.1 Å². The summed E-state index contributed by atoms with van der Waals surface area (Å²) in [5.74, 6) is -0.915. The molecule has 3 aromatic rings. The summed E-state index contributed by atoms with van der Waals surface area (Å²) in [4.78, 5) is 13.6. The SMILES string of the molecule is O=C(Nc1ccc(F)cc1)[C@H](Sc1ccc(F)cc1)c1ccccc1. The molecule has 126 valence electrons. The van der Waals surface area contributed by atoms with Crippen LogP contribution in [0.15, 0.2) is 83.8 Å². The molecule has 0 aliphatic carbocycles. The minimum atomic E-state index is -0.517. The van der Waals surface area contributed by atoms with E-state index in [1.807, 2.05) is 30.3 Å². The molecule has 3 rings (SSSR count). The van der Waals surface area contributed by atoms with Gasteiger partial charge >= 0.3 is 0 Å². The molecule has 0 saturated heterocycles. The molecule has 5 heteroatoms. The van der Waals surface area contributed by atoms with Crippen molar-refractivity contribution in [2.45, 2.75) is 10.1 Å². The van der Waals surface area contributed by atoms with E-state index < -0.39 is 5.25 Å². The summed E-state index contributed by atoms with van der Waals surface area (Å²) in [6.45, 7) is 0. The molecule has 25 heavy (non-hydrogen) atoms. The molecule has 0 aromatic heterocycles. The van der Waals surface area contributed by atoms with Crippen LogP contribution in [0.2, 0.25) is 0 Å². The summed E-state index contributed by atoms with van der Waals surface area (Å²) < 4.78 is 26.1. The van der Waals surface area contributed by atoms with Gasteiger partial charge in [0.25, 0.3) is 0 Å². The van der Waals surface area contributed by atoms with Gasteiger partial charge in [-0.05, 0) is 54.1 Å². The van der Waals surface area contributed by atoms with Gasteiger partial charge in [0, 0.05) is 10.6 Å². The third-order valence-electron chi connectivity index (χ3n) is 3.52. The zero-order valence-corrected chi connectivity index (χ0v) is 14.0. The number of carbonyl (C=O) groups excluding carboxylic acids is 1. The molecule has 0 radical (unpaired) electrons. The third-order valence-corrected chi connectivity index (χ3v) is 4.79. The van der Waals surface area contributed by atoms with Crippen molar-refractivity contribution in [2.75, 3.05) is 5.32 Å². The first-order valence-corrected chi connectivity index (χ1v) is 8.53. The maximum atomic E-state index is 13.1. The molecule has 2 nitrogen and oxygen atoms in total. The number of benzene rings is 3. The van der Waals surface area contributed by atoms with Crippen LogP contribution in [0, 0.1) is 11.6 Å². The fraction of sp³-hybridized carbons (Fsp3) is 0.0500. The fourth-order valence-corrected chi connectivity index (χ4v) is 3.32. The summed E-state index contributed by atoms with van der Waals surface area (Å²) in [7, 11) is 0. The Labute approximate surface area is 148 Å². The molecule has 0 aliphatic rings. The van der Waals surface area contributed by atoms with Crippen LogP contribution >= 0.6 is 11.8 Å². The van der Waals surface area contributed by atoms with Crippen molar-refractivity contribution in [1.29, 1.82) is 0 Å². The number of amides is 1. The average molecular weight is 355 g/mol. The third kappa shape index (κ3) is 4.67. The highest BCUT2D eigenvalue weighted by molar-refractivity contribution is 8.00. The van der Waals surface area contributed by atoms with Crippen LogP contribution < -0.4 is 5.32 Å². The zero-order valence-electron chi connectivity index (χ0n) is 13.2. The molecule has 0 bridgehead atoms. The van der Waals surface area contributed by atoms with Gasteiger partial charge in [0.1, 0.15) is 16.9 Å². The topological polar surface area (TPSA) is 29.1 Å². The van der Waals surface area contributed by atoms with Crippen molar-refractivity contribution in [2.24, 2.45) is 0 Å². The minimum Gasteiger partial charge on any atom is -0.325 e. The number of thioether (sulfide) groups is 1. The second-order valence-corrected chi connectivity index (χ2v) is 6.54. The smallest absolute Gasteiger partial charge is 0.242 e. The van der Waals surface area contributed by atoms with Crippen molar-refractivity contribution in [1.82, 2.24) is 0 Å². The molecular weight excluding hydrogens is 340 g/mol. The maximum absolute atomic E-state index is 13.1. The summed E-state index contributed by atoms with van der Waals surface area (Å²) >= 11 is 1.33. The van der Waals surface area contributed by atoms with Gasteiger partial charge < -0.3 is 5.32 Å². The molecule has 0 heterocycles. The lowest BCUT2D eigenvalue weighted by Gasteiger charge is -2.17. The van der Waals surface area contributed by atoms with Crippen LogP contribution in [-0.2, 0) is 4.79 Å². The van der Waals surface area contributed by atoms with Crippen LogP contribution in [0.5, 0.6) is 0 Å². The highest BCUT2D eigenvalue weighted by atomic mass is 32.2. The molecule has 1 amide bonds. The molecule has 1 N–H and O–H groups in total. The van der Waals surface area contributed by atoms with Crippen LogP contribution in [0.1, 0.15) is 10.8 Å². The van der Waals surface area contributed by atoms with Gasteiger partial charge in [-0.1, -0.05) is 30.3 Å². The van der Waals surface area contributed by atoms with Crippen LogP contribution in [-0.4, -0.2) is 5.91 Å². The molecule has 0 fully saturated rings. The van der Waals surface area contributed by atoms with Crippen molar-refractivity contribution in [3.63, 3.8) is 0 Å². The lowest BCUT2D eigenvalue weighted by Crippen LogP contribution is -2.19. The Hall–Kier alpha value is -2.66. The number of hydrogen-bond donors (Lipinski definition) is 1. The fourth-order valence-electron chi connectivity index (χ4n) is 2.29. The first-order valence-electron chi connectivity index (χ1n) is 7.65. The second kappa shape index (κ2) is 7.94. The molecule has 1 atom stereocenters. The highest BCUT2D eigenvalue weighted by Crippen LogP contribution is 2.36. The Balaban J connectivity index is 1.83. The first-order chi connectivity index (χ1) is 12.1. The van der Waals surface area contributed by atoms with E-state index in [2.05, 4.69) is 5.32 Å². The van der Waals surface area contributed by atoms with Gasteiger partial charge in [0.05, 0.1) is 0 Å². The lowest BCUT2D eigenvalue weighted by molar-refractivity contribution is -0.115. The van der Waals surface area contributed by atoms with Crippen molar-refractivity contribution >= 4 is 23.4 Å². The van der Waals surface area contributed by atoms with E-state index in [-0.39, 0.29) is 17.5 Å². The Morgan fingerprint density at radius 2 is 1.36 bits per heavy atom. The molecule has 0 aliphatic heterocycles. The maximum Gasteiger partial charge on any atom is 0.242 e. The van der Waals surface area contributed by atoms with E-state index >= 15 is 0 Å². The van der Waals surface area contributed by atoms with Crippen molar-refractivity contribution in [3.05, 3.63) is 96.1 Å². The second-order valence-electron chi connectivity index (χ2n) is 5.36. The molecule has 0 saturated carbocycles. The Morgan fingerprint density at radius 3 is 1.96 bits per heavy atom. The largest absolute Gasteiger partial charge is 0.325 e. The first kappa shape index (κ1) is 17.2. The zero-order chi connectivity index (χ0) is 17.6. The molecule has 0 unspecified atom stereocenters. The van der Waals surface area contributed by atoms with Gasteiger partial charge in [-0.25, -0.2) is 8.78 Å². The number of halogens is 2. The van der Waals surface area contributed by atoms with E-state index in [0.29, 0.717) is 5.69 Å². The normalized spacial score (nSPS) is 11.8. The predicted octanol–water partition coefficient (Wildman–Crippen LogP) is 5.44. The van der Waals surface area contributed by atoms with Gasteiger partial charge in [-0.2, -0.15) is 0 Å². The Bertz CT molecular complexity index is 836. The molecule has 0 spiro atoms. The predicted molar refractivity (Wildman–Crippen MR) is 96.5 cm³/mol. The number of carbonyl (C=O) groups is 1. The number of hydrogen-bond acceptors (Lipinski definition) is 2. The Morgan fingerprint density at radius 1 is 0.800 bits per heavy atom. The van der Waals surface area contributed by atoms with Gasteiger partial charge in [-0.15, -0.1) is 11.8 Å². The van der Waals surface area contributed by atoms with Gasteiger partial charge in [-0.3, -0.25) is 4.79 Å².